The van der Waals surface area contributed by atoms with E-state index in [9.17, 15) is 9.90 Å². The number of nitrogens with one attached hydrogen (secondary N) is 2. The average Bonchev–Trinajstić information content (AvgIpc) is 2.54. The maximum atomic E-state index is 12.6. The Bertz CT molecular complexity index is 468. The van der Waals surface area contributed by atoms with Crippen molar-refractivity contribution in [2.24, 2.45) is 0 Å². The summed E-state index contributed by atoms with van der Waals surface area (Å²) in [6.45, 7) is 2.96. The standard InChI is InChI=1S/C17H26N2O2/c1-2-12-18-15-9-5-4-8-14(15)16(21)19-17(13-20)10-6-3-7-11-17/h4-5,8-9,18,20H,2-3,6-7,10-13H2,1H3,(H,19,21). The second-order valence-corrected chi connectivity index (χ2v) is 5.93. The van der Waals surface area contributed by atoms with Gasteiger partial charge in [0.05, 0.1) is 17.7 Å². The average molecular weight is 290 g/mol. The van der Waals surface area contributed by atoms with Gasteiger partial charge in [-0.2, -0.15) is 0 Å². The normalized spacial score (nSPS) is 17.2. The maximum absolute atomic E-state index is 12.6. The zero-order chi connectivity index (χ0) is 15.1. The molecule has 0 aliphatic heterocycles. The van der Waals surface area contributed by atoms with Crippen LogP contribution in [0.1, 0.15) is 55.8 Å². The van der Waals surface area contributed by atoms with Crippen LogP contribution in [0.5, 0.6) is 0 Å². The molecule has 1 aromatic rings. The summed E-state index contributed by atoms with van der Waals surface area (Å²) in [5.41, 5.74) is 1.08. The van der Waals surface area contributed by atoms with Gasteiger partial charge < -0.3 is 15.7 Å². The van der Waals surface area contributed by atoms with Crippen molar-refractivity contribution in [1.29, 1.82) is 0 Å². The number of carbonyl (C=O) groups excluding carboxylic acids is 1. The molecule has 0 spiro atoms. The second-order valence-electron chi connectivity index (χ2n) is 5.93. The molecule has 4 heteroatoms. The largest absolute Gasteiger partial charge is 0.394 e. The van der Waals surface area contributed by atoms with Gasteiger partial charge >= 0.3 is 0 Å². The Kier molecular flexibility index (Phi) is 5.62. The minimum absolute atomic E-state index is 0.0172. The van der Waals surface area contributed by atoms with Gasteiger partial charge in [0.25, 0.3) is 5.91 Å². The molecule has 0 saturated heterocycles. The van der Waals surface area contributed by atoms with Crippen LogP contribution < -0.4 is 10.6 Å². The van der Waals surface area contributed by atoms with Gasteiger partial charge in [-0.3, -0.25) is 4.79 Å². The van der Waals surface area contributed by atoms with Gasteiger partial charge in [-0.05, 0) is 31.4 Å². The molecule has 1 amide bonds. The first-order valence-electron chi connectivity index (χ1n) is 7.97. The van der Waals surface area contributed by atoms with Crippen LogP contribution in [0.15, 0.2) is 24.3 Å². The number of benzene rings is 1. The quantitative estimate of drug-likeness (QED) is 0.755. The zero-order valence-electron chi connectivity index (χ0n) is 12.8. The molecule has 0 radical (unpaired) electrons. The predicted molar refractivity (Wildman–Crippen MR) is 85.6 cm³/mol. The monoisotopic (exact) mass is 290 g/mol. The van der Waals surface area contributed by atoms with Crippen LogP contribution in [0.2, 0.25) is 0 Å². The molecule has 1 saturated carbocycles. The molecule has 4 nitrogen and oxygen atoms in total. The molecule has 3 N–H and O–H groups in total. The lowest BCUT2D eigenvalue weighted by Crippen LogP contribution is -2.52. The molecule has 1 aliphatic rings. The molecule has 1 aliphatic carbocycles. The first-order valence-corrected chi connectivity index (χ1v) is 7.97. The fraction of sp³-hybridized carbons (Fsp3) is 0.588. The highest BCUT2D eigenvalue weighted by Gasteiger charge is 2.33. The Morgan fingerprint density at radius 3 is 2.62 bits per heavy atom. The summed E-state index contributed by atoms with van der Waals surface area (Å²) < 4.78 is 0. The van der Waals surface area contributed by atoms with E-state index in [2.05, 4.69) is 17.6 Å². The molecule has 21 heavy (non-hydrogen) atoms. The smallest absolute Gasteiger partial charge is 0.253 e. The Labute approximate surface area is 126 Å². The summed E-state index contributed by atoms with van der Waals surface area (Å²) in [7, 11) is 0. The number of rotatable bonds is 6. The Morgan fingerprint density at radius 1 is 1.24 bits per heavy atom. The van der Waals surface area contributed by atoms with Crippen molar-refractivity contribution in [2.45, 2.75) is 51.0 Å². The summed E-state index contributed by atoms with van der Waals surface area (Å²) in [5, 5.41) is 16.1. The van der Waals surface area contributed by atoms with Crippen molar-refractivity contribution in [3.63, 3.8) is 0 Å². The summed E-state index contributed by atoms with van der Waals surface area (Å²) >= 11 is 0. The lowest BCUT2D eigenvalue weighted by molar-refractivity contribution is 0.0759. The molecule has 0 heterocycles. The SMILES string of the molecule is CCCNc1ccccc1C(=O)NC1(CO)CCCCC1. The topological polar surface area (TPSA) is 61.4 Å². The van der Waals surface area contributed by atoms with E-state index in [4.69, 9.17) is 0 Å². The third-order valence-corrected chi connectivity index (χ3v) is 4.23. The number of para-hydroxylation sites is 1. The lowest BCUT2D eigenvalue weighted by Gasteiger charge is -2.36. The van der Waals surface area contributed by atoms with Crippen molar-refractivity contribution in [1.82, 2.24) is 5.32 Å². The molecule has 1 fully saturated rings. The maximum Gasteiger partial charge on any atom is 0.253 e. The molecular weight excluding hydrogens is 264 g/mol. The molecule has 2 rings (SSSR count). The molecule has 0 aromatic heterocycles. The number of hydrogen-bond donors (Lipinski definition) is 3. The van der Waals surface area contributed by atoms with Crippen LogP contribution in [-0.2, 0) is 0 Å². The van der Waals surface area contributed by atoms with Gasteiger partial charge in [0.15, 0.2) is 0 Å². The minimum atomic E-state index is -0.437. The molecule has 116 valence electrons. The molecular formula is C17H26N2O2. The lowest BCUT2D eigenvalue weighted by atomic mass is 9.82. The molecule has 0 unspecified atom stereocenters. The van der Waals surface area contributed by atoms with Crippen molar-refractivity contribution < 1.29 is 9.90 Å². The van der Waals surface area contributed by atoms with Crippen molar-refractivity contribution in [3.05, 3.63) is 29.8 Å². The van der Waals surface area contributed by atoms with E-state index in [0.717, 1.165) is 44.3 Å². The summed E-state index contributed by atoms with van der Waals surface area (Å²) in [6, 6.07) is 7.56. The van der Waals surface area contributed by atoms with Crippen LogP contribution in [0.25, 0.3) is 0 Å². The van der Waals surface area contributed by atoms with E-state index in [1.165, 1.54) is 6.42 Å². The van der Waals surface area contributed by atoms with E-state index in [-0.39, 0.29) is 12.5 Å². The third kappa shape index (κ3) is 3.97. The highest BCUT2D eigenvalue weighted by Crippen LogP contribution is 2.28. The number of aliphatic hydroxyl groups is 1. The predicted octanol–water partition coefficient (Wildman–Crippen LogP) is 2.93. The van der Waals surface area contributed by atoms with Crippen LogP contribution >= 0.6 is 0 Å². The molecule has 0 bridgehead atoms. The Hall–Kier alpha value is -1.55. The third-order valence-electron chi connectivity index (χ3n) is 4.23. The summed E-state index contributed by atoms with van der Waals surface area (Å²) in [4.78, 5) is 12.6. The molecule has 1 aromatic carbocycles. The Morgan fingerprint density at radius 2 is 1.95 bits per heavy atom. The van der Waals surface area contributed by atoms with Crippen molar-refractivity contribution >= 4 is 11.6 Å². The van der Waals surface area contributed by atoms with E-state index in [0.29, 0.717) is 5.56 Å². The van der Waals surface area contributed by atoms with Gasteiger partial charge in [0.1, 0.15) is 0 Å². The van der Waals surface area contributed by atoms with Crippen LogP contribution in [-0.4, -0.2) is 29.7 Å². The molecule has 0 atom stereocenters. The fourth-order valence-corrected chi connectivity index (χ4v) is 2.95. The number of anilines is 1. The minimum Gasteiger partial charge on any atom is -0.394 e. The Balaban J connectivity index is 2.12. The van der Waals surface area contributed by atoms with E-state index in [1.807, 2.05) is 24.3 Å². The number of amides is 1. The van der Waals surface area contributed by atoms with Gasteiger partial charge in [-0.25, -0.2) is 0 Å². The van der Waals surface area contributed by atoms with Gasteiger partial charge in [0, 0.05) is 12.2 Å². The van der Waals surface area contributed by atoms with Gasteiger partial charge in [0.2, 0.25) is 0 Å². The van der Waals surface area contributed by atoms with Gasteiger partial charge in [-0.15, -0.1) is 0 Å². The summed E-state index contributed by atoms with van der Waals surface area (Å²) in [5.74, 6) is -0.0925. The van der Waals surface area contributed by atoms with E-state index < -0.39 is 5.54 Å². The number of hydrogen-bond acceptors (Lipinski definition) is 3. The van der Waals surface area contributed by atoms with Crippen LogP contribution in [0.3, 0.4) is 0 Å². The fourth-order valence-electron chi connectivity index (χ4n) is 2.95. The van der Waals surface area contributed by atoms with E-state index in [1.54, 1.807) is 0 Å². The highest BCUT2D eigenvalue weighted by molar-refractivity contribution is 6.00. The van der Waals surface area contributed by atoms with Crippen LogP contribution in [0, 0.1) is 0 Å². The number of aliphatic hydroxyl groups excluding tert-OH is 1. The van der Waals surface area contributed by atoms with E-state index >= 15 is 0 Å². The van der Waals surface area contributed by atoms with Crippen molar-refractivity contribution in [2.75, 3.05) is 18.5 Å². The highest BCUT2D eigenvalue weighted by atomic mass is 16.3. The zero-order valence-corrected chi connectivity index (χ0v) is 12.8. The van der Waals surface area contributed by atoms with Crippen molar-refractivity contribution in [3.8, 4) is 0 Å². The first-order chi connectivity index (χ1) is 10.2. The van der Waals surface area contributed by atoms with Crippen LogP contribution in [0.4, 0.5) is 5.69 Å². The second kappa shape index (κ2) is 7.46. The van der Waals surface area contributed by atoms with Gasteiger partial charge in [-0.1, -0.05) is 38.3 Å². The summed E-state index contributed by atoms with van der Waals surface area (Å²) in [6.07, 6.45) is 6.05. The number of carbonyl (C=O) groups is 1. The first kappa shape index (κ1) is 15.8.